The standard InChI is InChI=1S/C13H20N2O3.ClH/c1-9-5-11(17-3)12(18-4)6-10(9)8-15(2)13(16)7-14;/h5-6H,7-8,14H2,1-4H3;1H. The van der Waals surface area contributed by atoms with E-state index < -0.39 is 0 Å². The Morgan fingerprint density at radius 2 is 1.79 bits per heavy atom. The maximum absolute atomic E-state index is 11.5. The maximum Gasteiger partial charge on any atom is 0.236 e. The van der Waals surface area contributed by atoms with Crippen molar-refractivity contribution >= 4 is 18.3 Å². The Labute approximate surface area is 120 Å². The van der Waals surface area contributed by atoms with Gasteiger partial charge in [0.2, 0.25) is 5.91 Å². The lowest BCUT2D eigenvalue weighted by Crippen LogP contribution is -2.32. The molecule has 0 aromatic heterocycles. The number of methoxy groups -OCH3 is 2. The number of halogens is 1. The quantitative estimate of drug-likeness (QED) is 0.888. The number of ether oxygens (including phenoxy) is 2. The van der Waals surface area contributed by atoms with E-state index in [1.165, 1.54) is 0 Å². The summed E-state index contributed by atoms with van der Waals surface area (Å²) >= 11 is 0. The first-order valence-electron chi connectivity index (χ1n) is 5.69. The fourth-order valence-electron chi connectivity index (χ4n) is 1.69. The summed E-state index contributed by atoms with van der Waals surface area (Å²) in [6, 6.07) is 3.78. The highest BCUT2D eigenvalue weighted by atomic mass is 35.5. The average molecular weight is 289 g/mol. The monoisotopic (exact) mass is 288 g/mol. The Balaban J connectivity index is 0.00000324. The predicted octanol–water partition coefficient (Wildman–Crippen LogP) is 1.35. The molecule has 1 amide bonds. The Kier molecular flexibility index (Phi) is 7.26. The molecular formula is C13H21ClN2O3. The van der Waals surface area contributed by atoms with Gasteiger partial charge in [-0.3, -0.25) is 4.79 Å². The first-order valence-corrected chi connectivity index (χ1v) is 5.69. The molecule has 2 N–H and O–H groups in total. The molecular weight excluding hydrogens is 268 g/mol. The zero-order chi connectivity index (χ0) is 13.7. The van der Waals surface area contributed by atoms with Crippen LogP contribution in [0.25, 0.3) is 0 Å². The molecule has 1 aromatic carbocycles. The van der Waals surface area contributed by atoms with E-state index in [4.69, 9.17) is 15.2 Å². The van der Waals surface area contributed by atoms with Gasteiger partial charge in [0, 0.05) is 13.6 Å². The summed E-state index contributed by atoms with van der Waals surface area (Å²) in [5.41, 5.74) is 7.39. The van der Waals surface area contributed by atoms with Crippen LogP contribution in [-0.4, -0.2) is 38.6 Å². The number of aryl methyl sites for hydroxylation is 1. The van der Waals surface area contributed by atoms with Crippen LogP contribution in [0.4, 0.5) is 0 Å². The normalized spacial score (nSPS) is 9.53. The third kappa shape index (κ3) is 4.29. The molecule has 0 unspecified atom stereocenters. The second-order valence-corrected chi connectivity index (χ2v) is 4.09. The molecule has 0 fully saturated rings. The van der Waals surface area contributed by atoms with Gasteiger partial charge in [-0.05, 0) is 30.2 Å². The summed E-state index contributed by atoms with van der Waals surface area (Å²) in [4.78, 5) is 13.0. The third-order valence-corrected chi connectivity index (χ3v) is 2.85. The molecule has 0 bridgehead atoms. The molecule has 0 radical (unpaired) electrons. The van der Waals surface area contributed by atoms with Crippen molar-refractivity contribution in [2.24, 2.45) is 5.73 Å². The molecule has 0 spiro atoms. The van der Waals surface area contributed by atoms with E-state index in [-0.39, 0.29) is 24.9 Å². The van der Waals surface area contributed by atoms with Crippen molar-refractivity contribution in [1.29, 1.82) is 0 Å². The van der Waals surface area contributed by atoms with Gasteiger partial charge in [-0.15, -0.1) is 12.4 Å². The van der Waals surface area contributed by atoms with Crippen molar-refractivity contribution in [2.75, 3.05) is 27.8 Å². The van der Waals surface area contributed by atoms with Crippen LogP contribution in [0.1, 0.15) is 11.1 Å². The molecule has 108 valence electrons. The number of hydrogen-bond donors (Lipinski definition) is 1. The minimum Gasteiger partial charge on any atom is -0.493 e. The van der Waals surface area contributed by atoms with Crippen LogP contribution < -0.4 is 15.2 Å². The number of nitrogens with zero attached hydrogens (tertiary/aromatic N) is 1. The zero-order valence-electron chi connectivity index (χ0n) is 11.7. The first-order chi connectivity index (χ1) is 8.53. The zero-order valence-corrected chi connectivity index (χ0v) is 12.5. The van der Waals surface area contributed by atoms with Crippen molar-refractivity contribution in [2.45, 2.75) is 13.5 Å². The topological polar surface area (TPSA) is 64.8 Å². The number of nitrogens with two attached hydrogens (primary N) is 1. The Morgan fingerprint density at radius 1 is 1.26 bits per heavy atom. The largest absolute Gasteiger partial charge is 0.493 e. The molecule has 5 nitrogen and oxygen atoms in total. The molecule has 0 saturated heterocycles. The van der Waals surface area contributed by atoms with Crippen LogP contribution in [-0.2, 0) is 11.3 Å². The van der Waals surface area contributed by atoms with Gasteiger partial charge in [-0.2, -0.15) is 0 Å². The van der Waals surface area contributed by atoms with E-state index in [0.717, 1.165) is 11.1 Å². The molecule has 0 saturated carbocycles. The van der Waals surface area contributed by atoms with Crippen molar-refractivity contribution in [3.05, 3.63) is 23.3 Å². The van der Waals surface area contributed by atoms with E-state index in [1.54, 1.807) is 26.2 Å². The van der Waals surface area contributed by atoms with E-state index >= 15 is 0 Å². The minimum absolute atomic E-state index is 0. The number of carbonyl (C=O) groups is 1. The summed E-state index contributed by atoms with van der Waals surface area (Å²) < 4.78 is 10.5. The van der Waals surface area contributed by atoms with Crippen LogP contribution in [0.3, 0.4) is 0 Å². The van der Waals surface area contributed by atoms with Gasteiger partial charge >= 0.3 is 0 Å². The molecule has 0 aliphatic heterocycles. The summed E-state index contributed by atoms with van der Waals surface area (Å²) in [6.07, 6.45) is 0. The highest BCUT2D eigenvalue weighted by Crippen LogP contribution is 2.30. The van der Waals surface area contributed by atoms with Crippen LogP contribution in [0.5, 0.6) is 11.5 Å². The lowest BCUT2D eigenvalue weighted by molar-refractivity contribution is -0.128. The van der Waals surface area contributed by atoms with Gasteiger partial charge in [0.05, 0.1) is 20.8 Å². The Morgan fingerprint density at radius 3 is 2.26 bits per heavy atom. The highest BCUT2D eigenvalue weighted by Gasteiger charge is 2.12. The molecule has 0 heterocycles. The Hall–Kier alpha value is -1.46. The highest BCUT2D eigenvalue weighted by molar-refractivity contribution is 5.85. The van der Waals surface area contributed by atoms with E-state index in [1.807, 2.05) is 19.1 Å². The lowest BCUT2D eigenvalue weighted by Gasteiger charge is -2.19. The summed E-state index contributed by atoms with van der Waals surface area (Å²) in [6.45, 7) is 2.49. The van der Waals surface area contributed by atoms with E-state index in [0.29, 0.717) is 18.0 Å². The number of rotatable bonds is 5. The molecule has 6 heteroatoms. The Bertz CT molecular complexity index is 438. The van der Waals surface area contributed by atoms with Gasteiger partial charge in [-0.25, -0.2) is 0 Å². The fraction of sp³-hybridized carbons (Fsp3) is 0.462. The van der Waals surface area contributed by atoms with Crippen LogP contribution >= 0.6 is 12.4 Å². The van der Waals surface area contributed by atoms with Gasteiger partial charge in [0.1, 0.15) is 0 Å². The van der Waals surface area contributed by atoms with E-state index in [2.05, 4.69) is 0 Å². The second kappa shape index (κ2) is 7.86. The fourth-order valence-corrected chi connectivity index (χ4v) is 1.69. The van der Waals surface area contributed by atoms with Crippen molar-refractivity contribution < 1.29 is 14.3 Å². The lowest BCUT2D eigenvalue weighted by atomic mass is 10.1. The number of carbonyl (C=O) groups excluding carboxylic acids is 1. The third-order valence-electron chi connectivity index (χ3n) is 2.85. The average Bonchev–Trinajstić information content (AvgIpc) is 2.39. The number of benzene rings is 1. The molecule has 0 aliphatic rings. The van der Waals surface area contributed by atoms with Crippen molar-refractivity contribution in [1.82, 2.24) is 4.90 Å². The van der Waals surface area contributed by atoms with E-state index in [9.17, 15) is 4.79 Å². The van der Waals surface area contributed by atoms with Gasteiger partial charge < -0.3 is 20.1 Å². The minimum atomic E-state index is -0.0933. The molecule has 0 atom stereocenters. The van der Waals surface area contributed by atoms with Crippen molar-refractivity contribution in [3.63, 3.8) is 0 Å². The SMILES string of the molecule is COc1cc(C)c(CN(C)C(=O)CN)cc1OC.Cl. The summed E-state index contributed by atoms with van der Waals surface area (Å²) in [5.74, 6) is 1.25. The number of amides is 1. The van der Waals surface area contributed by atoms with Crippen molar-refractivity contribution in [3.8, 4) is 11.5 Å². The number of hydrogen-bond acceptors (Lipinski definition) is 4. The predicted molar refractivity (Wildman–Crippen MR) is 77.1 cm³/mol. The van der Waals surface area contributed by atoms with Gasteiger partial charge in [0.15, 0.2) is 11.5 Å². The molecule has 19 heavy (non-hydrogen) atoms. The maximum atomic E-state index is 11.5. The van der Waals surface area contributed by atoms with Gasteiger partial charge in [-0.1, -0.05) is 0 Å². The smallest absolute Gasteiger partial charge is 0.236 e. The van der Waals surface area contributed by atoms with Gasteiger partial charge in [0.25, 0.3) is 0 Å². The molecule has 1 aromatic rings. The second-order valence-electron chi connectivity index (χ2n) is 4.09. The molecule has 1 rings (SSSR count). The van der Waals surface area contributed by atoms with Crippen LogP contribution in [0.15, 0.2) is 12.1 Å². The van der Waals surface area contributed by atoms with Crippen LogP contribution in [0, 0.1) is 6.92 Å². The number of likely N-dealkylation sites (N-methyl/N-ethyl adjacent to an activating group) is 1. The molecule has 0 aliphatic carbocycles. The summed E-state index contributed by atoms with van der Waals surface area (Å²) in [5, 5.41) is 0. The first kappa shape index (κ1) is 17.5. The summed E-state index contributed by atoms with van der Waals surface area (Å²) in [7, 11) is 4.91. The van der Waals surface area contributed by atoms with Crippen LogP contribution in [0.2, 0.25) is 0 Å².